The van der Waals surface area contributed by atoms with Gasteiger partial charge in [0.1, 0.15) is 0 Å². The first kappa shape index (κ1) is 13.9. The van der Waals surface area contributed by atoms with E-state index in [1.165, 1.54) is 5.56 Å². The molecule has 0 amide bonds. The Morgan fingerprint density at radius 2 is 2.06 bits per heavy atom. The molecule has 1 N–H and O–H groups in total. The minimum atomic E-state index is 0.172. The summed E-state index contributed by atoms with van der Waals surface area (Å²) in [5.74, 6) is 0. The van der Waals surface area contributed by atoms with Gasteiger partial charge in [-0.2, -0.15) is 0 Å². The Labute approximate surface area is 113 Å². The average molecular weight is 349 g/mol. The van der Waals surface area contributed by atoms with Crippen LogP contribution < -0.4 is 0 Å². The Bertz CT molecular complexity index is 355. The molecule has 0 aromatic heterocycles. The van der Waals surface area contributed by atoms with Crippen LogP contribution in [0.15, 0.2) is 39.8 Å². The SMILES string of the molecule is C=CCN(CCO)Cc1ccc(Br)c(Br)c1. The molecule has 0 saturated carbocycles. The molecule has 1 rings (SSSR count). The van der Waals surface area contributed by atoms with E-state index in [1.54, 1.807) is 0 Å². The van der Waals surface area contributed by atoms with E-state index in [1.807, 2.05) is 12.1 Å². The molecule has 0 unspecified atom stereocenters. The molecule has 1 aromatic carbocycles. The van der Waals surface area contributed by atoms with E-state index in [0.717, 1.165) is 22.0 Å². The second-order valence-electron chi connectivity index (χ2n) is 3.50. The van der Waals surface area contributed by atoms with Gasteiger partial charge in [0.25, 0.3) is 0 Å². The lowest BCUT2D eigenvalue weighted by molar-refractivity contribution is 0.203. The van der Waals surface area contributed by atoms with Crippen LogP contribution >= 0.6 is 31.9 Å². The Kier molecular flexibility index (Phi) is 6.28. The lowest BCUT2D eigenvalue weighted by Gasteiger charge is -2.19. The van der Waals surface area contributed by atoms with Gasteiger partial charge < -0.3 is 5.11 Å². The quantitative estimate of drug-likeness (QED) is 0.798. The van der Waals surface area contributed by atoms with Gasteiger partial charge in [-0.25, -0.2) is 0 Å². The first-order valence-electron chi connectivity index (χ1n) is 5.05. The van der Waals surface area contributed by atoms with Crippen LogP contribution in [-0.2, 0) is 6.54 Å². The minimum Gasteiger partial charge on any atom is -0.395 e. The predicted octanol–water partition coefficient (Wildman–Crippen LogP) is 3.19. The maximum Gasteiger partial charge on any atom is 0.0558 e. The van der Waals surface area contributed by atoms with Crippen LogP contribution in [0.4, 0.5) is 0 Å². The predicted molar refractivity (Wildman–Crippen MR) is 74.4 cm³/mol. The van der Waals surface area contributed by atoms with Crippen molar-refractivity contribution >= 4 is 31.9 Å². The van der Waals surface area contributed by atoms with E-state index in [-0.39, 0.29) is 6.61 Å². The van der Waals surface area contributed by atoms with Crippen molar-refractivity contribution in [2.24, 2.45) is 0 Å². The van der Waals surface area contributed by atoms with Crippen LogP contribution in [0.5, 0.6) is 0 Å². The molecule has 88 valence electrons. The fourth-order valence-corrected chi connectivity index (χ4v) is 2.13. The third-order valence-corrected chi connectivity index (χ3v) is 4.07. The van der Waals surface area contributed by atoms with Crippen LogP contribution in [-0.4, -0.2) is 29.7 Å². The van der Waals surface area contributed by atoms with Crippen LogP contribution in [0, 0.1) is 0 Å². The maximum atomic E-state index is 8.95. The molecule has 4 heteroatoms. The summed E-state index contributed by atoms with van der Waals surface area (Å²) in [6, 6.07) is 6.17. The third kappa shape index (κ3) is 4.37. The summed E-state index contributed by atoms with van der Waals surface area (Å²) in [7, 11) is 0. The fraction of sp³-hybridized carbons (Fsp3) is 0.333. The first-order valence-corrected chi connectivity index (χ1v) is 6.64. The molecular weight excluding hydrogens is 334 g/mol. The van der Waals surface area contributed by atoms with Crippen molar-refractivity contribution in [3.63, 3.8) is 0 Å². The number of aliphatic hydroxyl groups excluding tert-OH is 1. The lowest BCUT2D eigenvalue weighted by atomic mass is 10.2. The van der Waals surface area contributed by atoms with Crippen LogP contribution in [0.2, 0.25) is 0 Å². The molecule has 2 nitrogen and oxygen atoms in total. The van der Waals surface area contributed by atoms with Crippen molar-refractivity contribution in [3.05, 3.63) is 45.4 Å². The lowest BCUT2D eigenvalue weighted by Crippen LogP contribution is -2.26. The Morgan fingerprint density at radius 3 is 2.62 bits per heavy atom. The van der Waals surface area contributed by atoms with Gasteiger partial charge in [0.05, 0.1) is 6.61 Å². The number of aliphatic hydroxyl groups is 1. The van der Waals surface area contributed by atoms with E-state index in [2.05, 4.69) is 55.5 Å². The number of halogens is 2. The van der Waals surface area contributed by atoms with Crippen molar-refractivity contribution in [1.82, 2.24) is 4.90 Å². The highest BCUT2D eigenvalue weighted by Crippen LogP contribution is 2.24. The van der Waals surface area contributed by atoms with Gasteiger partial charge in [-0.05, 0) is 49.6 Å². The van der Waals surface area contributed by atoms with E-state index < -0.39 is 0 Å². The highest BCUT2D eigenvalue weighted by atomic mass is 79.9. The smallest absolute Gasteiger partial charge is 0.0558 e. The molecule has 0 aliphatic carbocycles. The van der Waals surface area contributed by atoms with Crippen molar-refractivity contribution < 1.29 is 5.11 Å². The van der Waals surface area contributed by atoms with Crippen molar-refractivity contribution in [2.75, 3.05) is 19.7 Å². The summed E-state index contributed by atoms with van der Waals surface area (Å²) in [4.78, 5) is 2.14. The summed E-state index contributed by atoms with van der Waals surface area (Å²) in [5.41, 5.74) is 1.21. The van der Waals surface area contributed by atoms with Crippen molar-refractivity contribution in [3.8, 4) is 0 Å². The van der Waals surface area contributed by atoms with Gasteiger partial charge >= 0.3 is 0 Å². The molecule has 0 aliphatic rings. The normalized spacial score (nSPS) is 10.8. The molecule has 0 radical (unpaired) electrons. The Hall–Kier alpha value is -0.160. The van der Waals surface area contributed by atoms with E-state index in [0.29, 0.717) is 6.54 Å². The molecule has 0 bridgehead atoms. The fourth-order valence-electron chi connectivity index (χ4n) is 1.46. The summed E-state index contributed by atoms with van der Waals surface area (Å²) < 4.78 is 2.10. The summed E-state index contributed by atoms with van der Waals surface area (Å²) in [6.07, 6.45) is 1.85. The van der Waals surface area contributed by atoms with E-state index >= 15 is 0 Å². The van der Waals surface area contributed by atoms with E-state index in [4.69, 9.17) is 5.11 Å². The molecule has 0 heterocycles. The first-order chi connectivity index (χ1) is 7.67. The largest absolute Gasteiger partial charge is 0.395 e. The second-order valence-corrected chi connectivity index (χ2v) is 5.20. The van der Waals surface area contributed by atoms with E-state index in [9.17, 15) is 0 Å². The van der Waals surface area contributed by atoms with Gasteiger partial charge in [0.2, 0.25) is 0 Å². The zero-order valence-electron chi connectivity index (χ0n) is 9.00. The van der Waals surface area contributed by atoms with Crippen LogP contribution in [0.1, 0.15) is 5.56 Å². The molecular formula is C12H15Br2NO. The van der Waals surface area contributed by atoms with Crippen molar-refractivity contribution in [2.45, 2.75) is 6.54 Å². The number of nitrogens with zero attached hydrogens (tertiary/aromatic N) is 1. The average Bonchev–Trinajstić information content (AvgIpc) is 2.24. The molecule has 0 saturated heterocycles. The molecule has 1 aromatic rings. The van der Waals surface area contributed by atoms with Gasteiger partial charge in [0.15, 0.2) is 0 Å². The summed E-state index contributed by atoms with van der Waals surface area (Å²) in [5, 5.41) is 8.95. The van der Waals surface area contributed by atoms with Gasteiger partial charge in [-0.3, -0.25) is 4.90 Å². The van der Waals surface area contributed by atoms with Gasteiger partial charge in [-0.1, -0.05) is 12.1 Å². The van der Waals surface area contributed by atoms with Gasteiger partial charge in [-0.15, -0.1) is 6.58 Å². The maximum absolute atomic E-state index is 8.95. The molecule has 0 aliphatic heterocycles. The molecule has 0 fully saturated rings. The standard InChI is InChI=1S/C12H15Br2NO/c1-2-5-15(6-7-16)9-10-3-4-11(13)12(14)8-10/h2-4,8,16H,1,5-7,9H2. The van der Waals surface area contributed by atoms with Crippen molar-refractivity contribution in [1.29, 1.82) is 0 Å². The minimum absolute atomic E-state index is 0.172. The highest BCUT2D eigenvalue weighted by molar-refractivity contribution is 9.13. The molecule has 0 spiro atoms. The number of benzene rings is 1. The summed E-state index contributed by atoms with van der Waals surface area (Å²) >= 11 is 6.92. The number of hydrogen-bond donors (Lipinski definition) is 1. The highest BCUT2D eigenvalue weighted by Gasteiger charge is 2.05. The number of hydrogen-bond acceptors (Lipinski definition) is 2. The topological polar surface area (TPSA) is 23.5 Å². The van der Waals surface area contributed by atoms with Crippen LogP contribution in [0.3, 0.4) is 0 Å². The Balaban J connectivity index is 2.68. The number of rotatable bonds is 6. The van der Waals surface area contributed by atoms with Crippen LogP contribution in [0.25, 0.3) is 0 Å². The Morgan fingerprint density at radius 1 is 1.31 bits per heavy atom. The zero-order chi connectivity index (χ0) is 12.0. The second kappa shape index (κ2) is 7.22. The monoisotopic (exact) mass is 347 g/mol. The summed E-state index contributed by atoms with van der Waals surface area (Å²) in [6.45, 7) is 6.16. The zero-order valence-corrected chi connectivity index (χ0v) is 12.2. The third-order valence-electron chi connectivity index (χ3n) is 2.19. The van der Waals surface area contributed by atoms with Gasteiger partial charge in [0, 0.05) is 28.6 Å². The molecule has 16 heavy (non-hydrogen) atoms. The molecule has 0 atom stereocenters.